The van der Waals surface area contributed by atoms with Gasteiger partial charge in [0, 0.05) is 0 Å². The molecule has 0 unspecified atom stereocenters. The molecule has 0 aliphatic rings. The predicted molar refractivity (Wildman–Crippen MR) is 98.5 cm³/mol. The van der Waals surface area contributed by atoms with Gasteiger partial charge in [-0.25, -0.2) is 0 Å². The van der Waals surface area contributed by atoms with Crippen molar-refractivity contribution in [1.82, 2.24) is 5.32 Å². The maximum atomic E-state index is 12.5. The molecular formula is C21H27NO2. The van der Waals surface area contributed by atoms with Crippen molar-refractivity contribution in [2.24, 2.45) is 0 Å². The maximum Gasteiger partial charge on any atom is 0.224 e. The van der Waals surface area contributed by atoms with Gasteiger partial charge in [0.1, 0.15) is 5.75 Å². The summed E-state index contributed by atoms with van der Waals surface area (Å²) in [4.78, 5) is 12.5. The van der Waals surface area contributed by atoms with Gasteiger partial charge in [0.2, 0.25) is 5.91 Å². The summed E-state index contributed by atoms with van der Waals surface area (Å²) in [6.07, 6.45) is 1.27. The van der Waals surface area contributed by atoms with Crippen LogP contribution in [0.15, 0.2) is 36.4 Å². The van der Waals surface area contributed by atoms with Gasteiger partial charge in [0.15, 0.2) is 0 Å². The molecule has 1 amide bonds. The fourth-order valence-corrected chi connectivity index (χ4v) is 3.00. The molecule has 0 aliphatic carbocycles. The summed E-state index contributed by atoms with van der Waals surface area (Å²) in [6, 6.07) is 12.3. The summed E-state index contributed by atoms with van der Waals surface area (Å²) in [5.74, 6) is 0.928. The number of ether oxygens (including phenoxy) is 1. The van der Waals surface area contributed by atoms with Gasteiger partial charge < -0.3 is 10.1 Å². The summed E-state index contributed by atoms with van der Waals surface area (Å²) in [5.41, 5.74) is 5.66. The Bertz CT molecular complexity index is 722. The number of benzene rings is 2. The van der Waals surface area contributed by atoms with Crippen LogP contribution in [0.25, 0.3) is 0 Å². The molecule has 0 aromatic heterocycles. The van der Waals surface area contributed by atoms with Gasteiger partial charge in [-0.15, -0.1) is 0 Å². The van der Waals surface area contributed by atoms with Crippen LogP contribution >= 0.6 is 0 Å². The molecule has 0 radical (unpaired) electrons. The second-order valence-electron chi connectivity index (χ2n) is 6.36. The summed E-state index contributed by atoms with van der Waals surface area (Å²) in [5, 5.41) is 3.16. The second-order valence-corrected chi connectivity index (χ2v) is 6.36. The van der Waals surface area contributed by atoms with Crippen molar-refractivity contribution in [3.8, 4) is 5.75 Å². The minimum absolute atomic E-state index is 0.0212. The number of carbonyl (C=O) groups is 1. The average Bonchev–Trinajstić information content (AvgIpc) is 2.55. The first-order valence-corrected chi connectivity index (χ1v) is 8.44. The zero-order valence-corrected chi connectivity index (χ0v) is 15.3. The molecule has 0 spiro atoms. The Morgan fingerprint density at radius 3 is 2.42 bits per heavy atom. The number of amides is 1. The highest BCUT2D eigenvalue weighted by molar-refractivity contribution is 5.79. The van der Waals surface area contributed by atoms with Crippen molar-refractivity contribution in [2.75, 3.05) is 7.11 Å². The highest BCUT2D eigenvalue weighted by Gasteiger charge is 2.15. The first kappa shape index (κ1) is 18.1. The van der Waals surface area contributed by atoms with E-state index in [1.54, 1.807) is 7.11 Å². The van der Waals surface area contributed by atoms with E-state index in [1.807, 2.05) is 25.1 Å². The molecule has 2 aromatic rings. The van der Waals surface area contributed by atoms with E-state index in [0.717, 1.165) is 28.9 Å². The number of rotatable bonds is 6. The summed E-state index contributed by atoms with van der Waals surface area (Å²) in [6.45, 7) is 8.23. The topological polar surface area (TPSA) is 38.3 Å². The third kappa shape index (κ3) is 4.38. The lowest BCUT2D eigenvalue weighted by Gasteiger charge is -2.19. The highest BCUT2D eigenvalue weighted by atomic mass is 16.5. The van der Waals surface area contributed by atoms with Gasteiger partial charge in [0.05, 0.1) is 19.6 Å². The number of aryl methyl sites for hydroxylation is 3. The fraction of sp³-hybridized carbons (Fsp3) is 0.381. The van der Waals surface area contributed by atoms with Crippen LogP contribution in [0.3, 0.4) is 0 Å². The Morgan fingerprint density at radius 1 is 1.08 bits per heavy atom. The molecule has 0 fully saturated rings. The van der Waals surface area contributed by atoms with Crippen LogP contribution in [0, 0.1) is 20.8 Å². The molecule has 3 nitrogen and oxygen atoms in total. The predicted octanol–water partition coefficient (Wildman–Crippen LogP) is 4.43. The van der Waals surface area contributed by atoms with Crippen LogP contribution in [-0.2, 0) is 11.2 Å². The lowest BCUT2D eigenvalue weighted by molar-refractivity contribution is -0.121. The van der Waals surface area contributed by atoms with Crippen molar-refractivity contribution in [3.63, 3.8) is 0 Å². The normalized spacial score (nSPS) is 11.9. The molecule has 0 saturated heterocycles. The minimum atomic E-state index is 0.0212. The largest absolute Gasteiger partial charge is 0.496 e. The van der Waals surface area contributed by atoms with Gasteiger partial charge in [0.25, 0.3) is 0 Å². The van der Waals surface area contributed by atoms with E-state index in [2.05, 4.69) is 44.3 Å². The zero-order chi connectivity index (χ0) is 17.7. The summed E-state index contributed by atoms with van der Waals surface area (Å²) < 4.78 is 5.31. The Hall–Kier alpha value is -2.29. The van der Waals surface area contributed by atoms with Crippen LogP contribution < -0.4 is 10.1 Å². The van der Waals surface area contributed by atoms with E-state index in [4.69, 9.17) is 4.74 Å². The third-order valence-corrected chi connectivity index (χ3v) is 4.41. The van der Waals surface area contributed by atoms with E-state index < -0.39 is 0 Å². The van der Waals surface area contributed by atoms with Crippen molar-refractivity contribution in [1.29, 1.82) is 0 Å². The average molecular weight is 325 g/mol. The second kappa shape index (κ2) is 8.00. The summed E-state index contributed by atoms with van der Waals surface area (Å²) >= 11 is 0. The number of methoxy groups -OCH3 is 1. The first-order chi connectivity index (χ1) is 11.4. The van der Waals surface area contributed by atoms with Crippen LogP contribution in [0.4, 0.5) is 0 Å². The van der Waals surface area contributed by atoms with Crippen LogP contribution in [-0.4, -0.2) is 13.0 Å². The van der Waals surface area contributed by atoms with E-state index in [-0.39, 0.29) is 11.9 Å². The van der Waals surface area contributed by atoms with Crippen LogP contribution in [0.1, 0.15) is 47.2 Å². The summed E-state index contributed by atoms with van der Waals surface area (Å²) in [7, 11) is 1.67. The van der Waals surface area contributed by atoms with Crippen LogP contribution in [0.2, 0.25) is 0 Å². The van der Waals surface area contributed by atoms with Crippen molar-refractivity contribution >= 4 is 5.91 Å². The standard InChI is InChI=1S/C21H27NO2/c1-6-19(18-9-10-20(24-5)16(4)12-18)22-21(23)13-17-8-7-14(2)11-15(17)3/h7-12,19H,6,13H2,1-5H3,(H,22,23)/t19-/m1/s1. The molecule has 128 valence electrons. The lowest BCUT2D eigenvalue weighted by atomic mass is 10.00. The van der Waals surface area contributed by atoms with Crippen molar-refractivity contribution in [3.05, 3.63) is 64.2 Å². The molecule has 3 heteroatoms. The Labute approximate surface area is 145 Å². The van der Waals surface area contributed by atoms with Gasteiger partial charge in [-0.1, -0.05) is 42.8 Å². The number of hydrogen-bond donors (Lipinski definition) is 1. The van der Waals surface area contributed by atoms with Gasteiger partial charge in [-0.3, -0.25) is 4.79 Å². The van der Waals surface area contributed by atoms with Gasteiger partial charge in [-0.2, -0.15) is 0 Å². The zero-order valence-electron chi connectivity index (χ0n) is 15.3. The smallest absolute Gasteiger partial charge is 0.224 e. The highest BCUT2D eigenvalue weighted by Crippen LogP contribution is 2.24. The number of hydrogen-bond acceptors (Lipinski definition) is 2. The minimum Gasteiger partial charge on any atom is -0.496 e. The van der Waals surface area contributed by atoms with Gasteiger partial charge in [-0.05, 0) is 55.5 Å². The van der Waals surface area contributed by atoms with Crippen molar-refractivity contribution in [2.45, 2.75) is 46.6 Å². The quantitative estimate of drug-likeness (QED) is 0.853. The monoisotopic (exact) mass is 325 g/mol. The molecule has 1 N–H and O–H groups in total. The molecule has 0 saturated carbocycles. The molecule has 0 bridgehead atoms. The molecule has 0 aliphatic heterocycles. The number of carbonyl (C=O) groups excluding carboxylic acids is 1. The van der Waals surface area contributed by atoms with E-state index >= 15 is 0 Å². The SMILES string of the molecule is CC[C@@H](NC(=O)Cc1ccc(C)cc1C)c1ccc(OC)c(C)c1. The first-order valence-electron chi connectivity index (χ1n) is 8.44. The van der Waals surface area contributed by atoms with E-state index in [9.17, 15) is 4.79 Å². The van der Waals surface area contributed by atoms with Gasteiger partial charge >= 0.3 is 0 Å². The number of nitrogens with one attached hydrogen (secondary N) is 1. The third-order valence-electron chi connectivity index (χ3n) is 4.41. The Morgan fingerprint density at radius 2 is 1.83 bits per heavy atom. The maximum absolute atomic E-state index is 12.5. The molecule has 24 heavy (non-hydrogen) atoms. The van der Waals surface area contributed by atoms with Crippen molar-refractivity contribution < 1.29 is 9.53 Å². The fourth-order valence-electron chi connectivity index (χ4n) is 3.00. The Balaban J connectivity index is 2.09. The van der Waals surface area contributed by atoms with E-state index in [0.29, 0.717) is 6.42 Å². The molecule has 0 heterocycles. The molecule has 2 aromatic carbocycles. The van der Waals surface area contributed by atoms with Crippen LogP contribution in [0.5, 0.6) is 5.75 Å². The van der Waals surface area contributed by atoms with E-state index in [1.165, 1.54) is 11.1 Å². The Kier molecular flexibility index (Phi) is 6.02. The molecular weight excluding hydrogens is 298 g/mol. The molecule has 2 rings (SSSR count). The molecule has 1 atom stereocenters. The lowest BCUT2D eigenvalue weighted by Crippen LogP contribution is -2.29.